The fraction of sp³-hybridized carbons (Fsp3) is 0.375. The molecule has 0 atom stereocenters. The molecule has 0 aliphatic carbocycles. The average Bonchev–Trinajstić information content (AvgIpc) is 2.88. The Kier molecular flexibility index (Phi) is 5.16. The van der Waals surface area contributed by atoms with Crippen molar-refractivity contribution >= 4 is 5.91 Å². The largest absolute Gasteiger partial charge is 0.494 e. The summed E-state index contributed by atoms with van der Waals surface area (Å²) in [7, 11) is 0. The van der Waals surface area contributed by atoms with E-state index in [9.17, 15) is 4.79 Å². The number of nitrogens with one attached hydrogen (secondary N) is 1. The van der Waals surface area contributed by atoms with E-state index in [2.05, 4.69) is 19.0 Å². The van der Waals surface area contributed by atoms with Crippen molar-refractivity contribution in [3.8, 4) is 17.1 Å². The highest BCUT2D eigenvalue weighted by atomic mass is 16.5. The molecule has 0 aliphatic rings. The first kappa shape index (κ1) is 16.0. The molecule has 0 spiro atoms. The first-order valence-corrected chi connectivity index (χ1v) is 7.23. The number of aromatic nitrogens is 1. The maximum Gasteiger partial charge on any atom is 0.287 e. The number of hydrogen-bond donors (Lipinski definition) is 2. The Morgan fingerprint density at radius 3 is 2.64 bits per heavy atom. The van der Waals surface area contributed by atoms with E-state index in [1.165, 1.54) is 0 Å². The van der Waals surface area contributed by atoms with E-state index in [0.717, 1.165) is 17.7 Å². The normalized spacial score (nSPS) is 10.8. The van der Waals surface area contributed by atoms with Crippen molar-refractivity contribution in [1.82, 2.24) is 10.6 Å². The van der Waals surface area contributed by atoms with Gasteiger partial charge in [0.1, 0.15) is 5.75 Å². The number of nitrogens with zero attached hydrogens (tertiary/aromatic N) is 1. The van der Waals surface area contributed by atoms with Gasteiger partial charge in [-0.2, -0.15) is 0 Å². The number of hydrogen-bond acceptors (Lipinski definition) is 5. The topological polar surface area (TPSA) is 90.4 Å². The maximum absolute atomic E-state index is 11.5. The van der Waals surface area contributed by atoms with Crippen LogP contribution in [0.1, 0.15) is 36.3 Å². The van der Waals surface area contributed by atoms with Crippen LogP contribution in [0.3, 0.4) is 0 Å². The van der Waals surface area contributed by atoms with Crippen LogP contribution in [0.4, 0.5) is 0 Å². The van der Waals surface area contributed by atoms with Crippen LogP contribution in [-0.4, -0.2) is 17.7 Å². The van der Waals surface area contributed by atoms with Gasteiger partial charge < -0.3 is 9.26 Å². The van der Waals surface area contributed by atoms with Crippen molar-refractivity contribution in [2.75, 3.05) is 6.61 Å². The lowest BCUT2D eigenvalue weighted by molar-refractivity contribution is 0.0944. The molecular formula is C16H21N3O3. The van der Waals surface area contributed by atoms with Crippen LogP contribution in [-0.2, 0) is 0 Å². The zero-order valence-electron chi connectivity index (χ0n) is 13.1. The van der Waals surface area contributed by atoms with Crippen LogP contribution in [0.2, 0.25) is 0 Å². The maximum atomic E-state index is 11.5. The van der Waals surface area contributed by atoms with Gasteiger partial charge in [0.05, 0.1) is 6.61 Å². The summed E-state index contributed by atoms with van der Waals surface area (Å²) in [6.45, 7) is 6.78. The predicted octanol–water partition coefficient (Wildman–Crippen LogP) is 2.68. The molecule has 3 N–H and O–H groups in total. The summed E-state index contributed by atoms with van der Waals surface area (Å²) in [5, 5.41) is 3.76. The van der Waals surface area contributed by atoms with Gasteiger partial charge in [-0.15, -0.1) is 0 Å². The Labute approximate surface area is 129 Å². The van der Waals surface area contributed by atoms with E-state index < -0.39 is 5.91 Å². The van der Waals surface area contributed by atoms with Crippen LogP contribution in [0.15, 0.2) is 28.8 Å². The number of carbonyl (C=O) groups is 1. The first-order valence-electron chi connectivity index (χ1n) is 7.23. The molecule has 22 heavy (non-hydrogen) atoms. The van der Waals surface area contributed by atoms with Gasteiger partial charge in [0.15, 0.2) is 11.5 Å². The molecule has 2 aromatic rings. The number of carbonyl (C=O) groups excluding carboxylic acids is 1. The van der Waals surface area contributed by atoms with Gasteiger partial charge in [-0.05, 0) is 43.5 Å². The zero-order chi connectivity index (χ0) is 16.1. The van der Waals surface area contributed by atoms with Crippen LogP contribution >= 0.6 is 0 Å². The molecule has 0 radical (unpaired) electrons. The van der Waals surface area contributed by atoms with E-state index >= 15 is 0 Å². The average molecular weight is 303 g/mol. The molecule has 118 valence electrons. The fourth-order valence-electron chi connectivity index (χ4n) is 2.00. The Bertz CT molecular complexity index is 633. The Hall–Kier alpha value is -2.34. The van der Waals surface area contributed by atoms with Crippen molar-refractivity contribution in [2.24, 2.45) is 11.8 Å². The second-order valence-corrected chi connectivity index (χ2v) is 5.51. The number of nitrogens with two attached hydrogens (primary N) is 1. The van der Waals surface area contributed by atoms with E-state index in [4.69, 9.17) is 15.1 Å². The van der Waals surface area contributed by atoms with Crippen molar-refractivity contribution in [2.45, 2.75) is 27.2 Å². The van der Waals surface area contributed by atoms with Gasteiger partial charge in [0.25, 0.3) is 5.91 Å². The summed E-state index contributed by atoms with van der Waals surface area (Å²) in [6, 6.07) is 7.51. The molecule has 6 nitrogen and oxygen atoms in total. The third-order valence-electron chi connectivity index (χ3n) is 3.35. The van der Waals surface area contributed by atoms with Gasteiger partial charge in [0, 0.05) is 11.1 Å². The third kappa shape index (κ3) is 3.65. The molecule has 0 saturated heterocycles. The first-order chi connectivity index (χ1) is 10.5. The molecule has 1 aromatic heterocycles. The smallest absolute Gasteiger partial charge is 0.287 e. The minimum absolute atomic E-state index is 0.190. The molecule has 1 amide bonds. The molecule has 0 saturated carbocycles. The summed E-state index contributed by atoms with van der Waals surface area (Å²) in [4.78, 5) is 11.5. The van der Waals surface area contributed by atoms with Crippen LogP contribution < -0.4 is 16.0 Å². The molecule has 0 aliphatic heterocycles. The lowest BCUT2D eigenvalue weighted by Gasteiger charge is -2.08. The summed E-state index contributed by atoms with van der Waals surface area (Å²) >= 11 is 0. The predicted molar refractivity (Wildman–Crippen MR) is 83.3 cm³/mol. The minimum atomic E-state index is -0.471. The van der Waals surface area contributed by atoms with E-state index in [1.807, 2.05) is 29.7 Å². The molecular weight excluding hydrogens is 282 g/mol. The monoisotopic (exact) mass is 303 g/mol. The SMILES string of the molecule is Cc1c(C(=O)NN)noc1-c1ccc(OCCC(C)C)cc1. The van der Waals surface area contributed by atoms with Crippen molar-refractivity contribution < 1.29 is 14.1 Å². The van der Waals surface area contributed by atoms with Crippen molar-refractivity contribution in [3.05, 3.63) is 35.5 Å². The zero-order valence-corrected chi connectivity index (χ0v) is 13.1. The minimum Gasteiger partial charge on any atom is -0.494 e. The van der Waals surface area contributed by atoms with Gasteiger partial charge in [-0.1, -0.05) is 19.0 Å². The van der Waals surface area contributed by atoms with Crippen LogP contribution in [0.25, 0.3) is 11.3 Å². The van der Waals surface area contributed by atoms with Gasteiger partial charge >= 0.3 is 0 Å². The van der Waals surface area contributed by atoms with Crippen molar-refractivity contribution in [3.63, 3.8) is 0 Å². The lowest BCUT2D eigenvalue weighted by atomic mass is 10.1. The molecule has 0 unspecified atom stereocenters. The third-order valence-corrected chi connectivity index (χ3v) is 3.35. The second kappa shape index (κ2) is 7.09. The number of rotatable bonds is 6. The highest BCUT2D eigenvalue weighted by Gasteiger charge is 2.18. The van der Waals surface area contributed by atoms with Gasteiger partial charge in [-0.25, -0.2) is 5.84 Å². The lowest BCUT2D eigenvalue weighted by Crippen LogP contribution is -2.30. The standard InChI is InChI=1S/C16H21N3O3/c1-10(2)8-9-21-13-6-4-12(5-7-13)15-11(3)14(19-22-15)16(20)18-17/h4-7,10H,8-9,17H2,1-3H3,(H,18,20). The summed E-state index contributed by atoms with van der Waals surface area (Å²) < 4.78 is 10.9. The van der Waals surface area contributed by atoms with E-state index in [0.29, 0.717) is 23.8 Å². The number of amides is 1. The number of hydrazine groups is 1. The van der Waals surface area contributed by atoms with E-state index in [-0.39, 0.29) is 5.69 Å². The highest BCUT2D eigenvalue weighted by Crippen LogP contribution is 2.27. The second-order valence-electron chi connectivity index (χ2n) is 5.51. The van der Waals surface area contributed by atoms with Crippen LogP contribution in [0.5, 0.6) is 5.75 Å². The molecule has 1 heterocycles. The Balaban J connectivity index is 2.10. The summed E-state index contributed by atoms with van der Waals surface area (Å²) in [5.74, 6) is 6.61. The van der Waals surface area contributed by atoms with Gasteiger partial charge in [0.2, 0.25) is 0 Å². The highest BCUT2D eigenvalue weighted by molar-refractivity contribution is 5.94. The summed E-state index contributed by atoms with van der Waals surface area (Å²) in [5.41, 5.74) is 3.72. The van der Waals surface area contributed by atoms with Gasteiger partial charge in [-0.3, -0.25) is 10.2 Å². The van der Waals surface area contributed by atoms with Crippen LogP contribution in [0, 0.1) is 12.8 Å². The van der Waals surface area contributed by atoms with Crippen molar-refractivity contribution in [1.29, 1.82) is 0 Å². The molecule has 6 heteroatoms. The number of nitrogen functional groups attached to an aromatic ring is 1. The Morgan fingerprint density at radius 2 is 2.05 bits per heavy atom. The summed E-state index contributed by atoms with van der Waals surface area (Å²) in [6.07, 6.45) is 1.01. The molecule has 1 aromatic carbocycles. The number of benzene rings is 1. The Morgan fingerprint density at radius 1 is 1.36 bits per heavy atom. The quantitative estimate of drug-likeness (QED) is 0.486. The fourth-order valence-corrected chi connectivity index (χ4v) is 2.00. The number of ether oxygens (including phenoxy) is 1. The molecule has 2 rings (SSSR count). The molecule has 0 bridgehead atoms. The molecule has 0 fully saturated rings. The van der Waals surface area contributed by atoms with E-state index in [1.54, 1.807) is 6.92 Å².